The van der Waals surface area contributed by atoms with E-state index in [0.29, 0.717) is 11.1 Å². The summed E-state index contributed by atoms with van der Waals surface area (Å²) >= 11 is 0. The Balaban J connectivity index is 1.71. The lowest BCUT2D eigenvalue weighted by Crippen LogP contribution is -2.36. The van der Waals surface area contributed by atoms with Crippen LogP contribution in [0.5, 0.6) is 0 Å². The van der Waals surface area contributed by atoms with Crippen LogP contribution in [0.25, 0.3) is 11.6 Å². The van der Waals surface area contributed by atoms with Gasteiger partial charge in [-0.05, 0) is 36.3 Å². The summed E-state index contributed by atoms with van der Waals surface area (Å²) in [6.45, 7) is 1.09. The number of hydrogen-bond donors (Lipinski definition) is 0. The van der Waals surface area contributed by atoms with Crippen LogP contribution in [0.1, 0.15) is 47.7 Å². The van der Waals surface area contributed by atoms with Crippen molar-refractivity contribution in [3.05, 3.63) is 53.6 Å². The Morgan fingerprint density at radius 2 is 2.10 bits per heavy atom. The Morgan fingerprint density at radius 3 is 2.77 bits per heavy atom. The van der Waals surface area contributed by atoms with E-state index in [1.807, 2.05) is 43.1 Å². The first-order chi connectivity index (χ1) is 14.2. The summed E-state index contributed by atoms with van der Waals surface area (Å²) in [5.74, 6) is -3.96. The van der Waals surface area contributed by atoms with E-state index >= 15 is 0 Å². The number of Topliss-reactive ketones (excluding diaryl/α,β-unsaturated/α-hetero) is 1. The van der Waals surface area contributed by atoms with Gasteiger partial charge in [0.15, 0.2) is 5.78 Å². The van der Waals surface area contributed by atoms with Crippen molar-refractivity contribution in [2.75, 3.05) is 6.54 Å². The number of carbonyl (C=O) groups excluding carboxylic acids is 2. The minimum absolute atomic E-state index is 0.130. The van der Waals surface area contributed by atoms with Gasteiger partial charge in [-0.2, -0.15) is 5.26 Å². The molecule has 2 aromatic rings. The average Bonchev–Trinajstić information content (AvgIpc) is 3.27. The second-order valence-corrected chi connectivity index (χ2v) is 7.51. The Labute approximate surface area is 173 Å². The molecule has 1 fully saturated rings. The summed E-state index contributed by atoms with van der Waals surface area (Å²) in [6, 6.07) is 4.12. The standard InChI is InChI=1S/C22H22F2N4O2/c1-15(9-16-6-8-27(2)13-16)19-12-26-7-5-18(19)20(29)3-4-21(30)28-14-22(23,24)10-17(28)11-25/h5-9,12-13,17H,3-4,10,14H2,1-2H3/b15-9+/t17-/m0/s1. The first kappa shape index (κ1) is 21.4. The normalized spacial score (nSPS) is 18.3. The lowest BCUT2D eigenvalue weighted by molar-refractivity contribution is -0.132. The summed E-state index contributed by atoms with van der Waals surface area (Å²) in [6.07, 6.45) is 7.86. The number of nitrogens with zero attached hydrogens (tertiary/aromatic N) is 4. The van der Waals surface area contributed by atoms with Crippen LogP contribution in [0.4, 0.5) is 8.78 Å². The van der Waals surface area contributed by atoms with Crippen LogP contribution >= 0.6 is 0 Å². The van der Waals surface area contributed by atoms with Crippen LogP contribution in [-0.4, -0.2) is 44.7 Å². The summed E-state index contributed by atoms with van der Waals surface area (Å²) < 4.78 is 29.0. The van der Waals surface area contributed by atoms with Gasteiger partial charge in [-0.15, -0.1) is 0 Å². The first-order valence-electron chi connectivity index (χ1n) is 9.55. The molecule has 0 saturated carbocycles. The third kappa shape index (κ3) is 4.79. The molecule has 1 saturated heterocycles. The quantitative estimate of drug-likeness (QED) is 0.678. The lowest BCUT2D eigenvalue weighted by atomic mass is 9.97. The van der Waals surface area contributed by atoms with Crippen molar-refractivity contribution >= 4 is 23.3 Å². The average molecular weight is 412 g/mol. The molecule has 1 amide bonds. The van der Waals surface area contributed by atoms with E-state index in [0.717, 1.165) is 16.0 Å². The number of halogens is 2. The topological polar surface area (TPSA) is 79.0 Å². The van der Waals surface area contributed by atoms with Crippen molar-refractivity contribution in [3.63, 3.8) is 0 Å². The van der Waals surface area contributed by atoms with E-state index in [2.05, 4.69) is 4.98 Å². The van der Waals surface area contributed by atoms with Crippen molar-refractivity contribution in [2.45, 2.75) is 38.2 Å². The number of allylic oxidation sites excluding steroid dienone is 1. The molecule has 0 bridgehead atoms. The third-order valence-electron chi connectivity index (χ3n) is 5.09. The first-order valence-corrected chi connectivity index (χ1v) is 9.55. The van der Waals surface area contributed by atoms with Crippen molar-refractivity contribution in [1.29, 1.82) is 5.26 Å². The fourth-order valence-corrected chi connectivity index (χ4v) is 3.58. The highest BCUT2D eigenvalue weighted by molar-refractivity contribution is 6.03. The van der Waals surface area contributed by atoms with E-state index in [-0.39, 0.29) is 18.6 Å². The third-order valence-corrected chi connectivity index (χ3v) is 5.09. The minimum atomic E-state index is -3.07. The molecule has 156 valence electrons. The van der Waals surface area contributed by atoms with Crippen LogP contribution in [0.15, 0.2) is 36.9 Å². The number of carbonyl (C=O) groups is 2. The van der Waals surface area contributed by atoms with Gasteiger partial charge in [-0.25, -0.2) is 8.78 Å². The Kier molecular flexibility index (Phi) is 6.11. The molecule has 0 aromatic carbocycles. The monoisotopic (exact) mass is 412 g/mol. The molecule has 0 unspecified atom stereocenters. The summed E-state index contributed by atoms with van der Waals surface area (Å²) in [5.41, 5.74) is 2.89. The molecular formula is C22H22F2N4O2. The van der Waals surface area contributed by atoms with E-state index < -0.39 is 30.8 Å². The van der Waals surface area contributed by atoms with Gasteiger partial charge in [0, 0.05) is 62.2 Å². The molecular weight excluding hydrogens is 390 g/mol. The number of hydrogen-bond acceptors (Lipinski definition) is 4. The molecule has 3 rings (SSSR count). The predicted octanol–water partition coefficient (Wildman–Crippen LogP) is 3.70. The molecule has 0 aliphatic carbocycles. The molecule has 1 aliphatic heterocycles. The maximum atomic E-state index is 13.6. The van der Waals surface area contributed by atoms with Crippen LogP contribution in [-0.2, 0) is 11.8 Å². The maximum Gasteiger partial charge on any atom is 0.268 e. The van der Waals surface area contributed by atoms with E-state index in [4.69, 9.17) is 5.26 Å². The van der Waals surface area contributed by atoms with Crippen LogP contribution in [0.3, 0.4) is 0 Å². The number of rotatable bonds is 6. The van der Waals surface area contributed by atoms with Gasteiger partial charge in [0.1, 0.15) is 6.04 Å². The van der Waals surface area contributed by atoms with E-state index in [1.165, 1.54) is 6.20 Å². The van der Waals surface area contributed by atoms with Crippen molar-refractivity contribution in [2.24, 2.45) is 7.05 Å². The zero-order valence-electron chi connectivity index (χ0n) is 16.8. The number of pyridine rings is 1. The molecule has 6 nitrogen and oxygen atoms in total. The molecule has 0 N–H and O–H groups in total. The largest absolute Gasteiger partial charge is 0.357 e. The number of ketones is 1. The highest BCUT2D eigenvalue weighted by Gasteiger charge is 2.47. The highest BCUT2D eigenvalue weighted by Crippen LogP contribution is 2.32. The minimum Gasteiger partial charge on any atom is -0.357 e. The SMILES string of the molecule is C/C(=C\c1ccn(C)c1)c1cnccc1C(=O)CCC(=O)N1CC(F)(F)C[C@H]1C#N. The second-order valence-electron chi connectivity index (χ2n) is 7.51. The molecule has 30 heavy (non-hydrogen) atoms. The van der Waals surface area contributed by atoms with Crippen LogP contribution in [0.2, 0.25) is 0 Å². The van der Waals surface area contributed by atoms with Crippen molar-refractivity contribution in [3.8, 4) is 6.07 Å². The molecule has 3 heterocycles. The fourth-order valence-electron chi connectivity index (χ4n) is 3.58. The molecule has 2 aromatic heterocycles. The Morgan fingerprint density at radius 1 is 1.33 bits per heavy atom. The summed E-state index contributed by atoms with van der Waals surface area (Å²) in [5, 5.41) is 9.03. The van der Waals surface area contributed by atoms with Gasteiger partial charge in [0.2, 0.25) is 5.91 Å². The Bertz CT molecular complexity index is 1040. The van der Waals surface area contributed by atoms with Gasteiger partial charge < -0.3 is 9.47 Å². The van der Waals surface area contributed by atoms with Crippen LogP contribution < -0.4 is 0 Å². The fraction of sp³-hybridized carbons (Fsp3) is 0.364. The van der Waals surface area contributed by atoms with Crippen molar-refractivity contribution < 1.29 is 18.4 Å². The van der Waals surface area contributed by atoms with E-state index in [1.54, 1.807) is 18.3 Å². The zero-order chi connectivity index (χ0) is 21.9. The molecule has 1 atom stereocenters. The number of likely N-dealkylation sites (tertiary alicyclic amines) is 1. The molecule has 0 radical (unpaired) electrons. The van der Waals surface area contributed by atoms with Gasteiger partial charge >= 0.3 is 0 Å². The summed E-state index contributed by atoms with van der Waals surface area (Å²) in [4.78, 5) is 30.1. The number of nitriles is 1. The van der Waals surface area contributed by atoms with Crippen LogP contribution in [0, 0.1) is 11.3 Å². The number of aryl methyl sites for hydroxylation is 1. The van der Waals surface area contributed by atoms with Gasteiger partial charge in [0.05, 0.1) is 12.6 Å². The lowest BCUT2D eigenvalue weighted by Gasteiger charge is -2.19. The second kappa shape index (κ2) is 8.57. The maximum absolute atomic E-state index is 13.6. The Hall–Kier alpha value is -3.34. The molecule has 0 spiro atoms. The van der Waals surface area contributed by atoms with Gasteiger partial charge in [0.25, 0.3) is 5.92 Å². The van der Waals surface area contributed by atoms with Crippen molar-refractivity contribution in [1.82, 2.24) is 14.5 Å². The molecule has 1 aliphatic rings. The zero-order valence-corrected chi connectivity index (χ0v) is 16.8. The van der Waals surface area contributed by atoms with Gasteiger partial charge in [-0.1, -0.05) is 0 Å². The predicted molar refractivity (Wildman–Crippen MR) is 107 cm³/mol. The van der Waals surface area contributed by atoms with E-state index in [9.17, 15) is 18.4 Å². The highest BCUT2D eigenvalue weighted by atomic mass is 19.3. The smallest absolute Gasteiger partial charge is 0.268 e. The molecule has 8 heteroatoms. The summed E-state index contributed by atoms with van der Waals surface area (Å²) in [7, 11) is 1.91. The number of aromatic nitrogens is 2. The van der Waals surface area contributed by atoms with Gasteiger partial charge in [-0.3, -0.25) is 14.6 Å². The number of alkyl halides is 2. The number of amides is 1.